The van der Waals surface area contributed by atoms with Gasteiger partial charge in [-0.2, -0.15) is 0 Å². The number of rotatable bonds is 9. The largest absolute Gasteiger partial charge is 0.504 e. The molecule has 102 valence electrons. The van der Waals surface area contributed by atoms with Crippen molar-refractivity contribution in [2.75, 3.05) is 20.3 Å². The molecule has 0 amide bonds. The molecule has 1 N–H and O–H groups in total. The smallest absolute Gasteiger partial charge is 0.160 e. The fourth-order valence-corrected chi connectivity index (χ4v) is 1.80. The third-order valence-corrected chi connectivity index (χ3v) is 2.92. The van der Waals surface area contributed by atoms with Crippen LogP contribution in [0.5, 0.6) is 11.5 Å². The number of phenols is 1. The minimum Gasteiger partial charge on any atom is -0.504 e. The molecule has 0 radical (unpaired) electrons. The average Bonchev–Trinajstić information content (AvgIpc) is 2.39. The lowest BCUT2D eigenvalue weighted by atomic mass is 10.1. The standard InChI is InChI=1S/C15H24O3/c1-3-4-5-6-10-18-11-9-13-7-8-14(16)15(12-13)17-2/h7-8,12,16H,3-6,9-11H2,1-2H3. The molecule has 3 nitrogen and oxygen atoms in total. The molecule has 1 aromatic carbocycles. The van der Waals surface area contributed by atoms with Gasteiger partial charge in [0.05, 0.1) is 13.7 Å². The molecule has 0 saturated carbocycles. The number of ether oxygens (including phenoxy) is 2. The second-order valence-electron chi connectivity index (χ2n) is 4.43. The van der Waals surface area contributed by atoms with Gasteiger partial charge in [0.15, 0.2) is 11.5 Å². The predicted octanol–water partition coefficient (Wildman–Crippen LogP) is 3.54. The van der Waals surface area contributed by atoms with Crippen LogP contribution in [0.1, 0.15) is 38.2 Å². The SMILES string of the molecule is CCCCCCOCCc1ccc(O)c(OC)c1. The highest BCUT2D eigenvalue weighted by molar-refractivity contribution is 5.41. The Morgan fingerprint density at radius 2 is 1.94 bits per heavy atom. The van der Waals surface area contributed by atoms with E-state index in [1.807, 2.05) is 12.1 Å². The van der Waals surface area contributed by atoms with Crippen molar-refractivity contribution >= 4 is 0 Å². The summed E-state index contributed by atoms with van der Waals surface area (Å²) in [7, 11) is 1.56. The van der Waals surface area contributed by atoms with E-state index in [9.17, 15) is 5.11 Å². The van der Waals surface area contributed by atoms with Crippen LogP contribution in [0.25, 0.3) is 0 Å². The first-order valence-electron chi connectivity index (χ1n) is 6.71. The normalized spacial score (nSPS) is 10.6. The van der Waals surface area contributed by atoms with Gasteiger partial charge in [0.2, 0.25) is 0 Å². The molecule has 0 aromatic heterocycles. The van der Waals surface area contributed by atoms with E-state index in [0.717, 1.165) is 31.6 Å². The van der Waals surface area contributed by atoms with Gasteiger partial charge < -0.3 is 14.6 Å². The summed E-state index contributed by atoms with van der Waals surface area (Å²) in [5.41, 5.74) is 1.12. The fraction of sp³-hybridized carbons (Fsp3) is 0.600. The summed E-state index contributed by atoms with van der Waals surface area (Å²) in [5.74, 6) is 0.706. The van der Waals surface area contributed by atoms with Gasteiger partial charge in [0.1, 0.15) is 0 Å². The summed E-state index contributed by atoms with van der Waals surface area (Å²) in [6.07, 6.45) is 5.80. The zero-order chi connectivity index (χ0) is 13.2. The number of phenolic OH excluding ortho intramolecular Hbond substituents is 1. The lowest BCUT2D eigenvalue weighted by Crippen LogP contribution is -2.00. The van der Waals surface area contributed by atoms with E-state index in [1.165, 1.54) is 19.3 Å². The van der Waals surface area contributed by atoms with Crippen molar-refractivity contribution in [3.63, 3.8) is 0 Å². The monoisotopic (exact) mass is 252 g/mol. The summed E-state index contributed by atoms with van der Waals surface area (Å²) in [6, 6.07) is 5.42. The van der Waals surface area contributed by atoms with Gasteiger partial charge in [0.25, 0.3) is 0 Å². The van der Waals surface area contributed by atoms with Crippen LogP contribution < -0.4 is 4.74 Å². The highest BCUT2D eigenvalue weighted by atomic mass is 16.5. The Morgan fingerprint density at radius 1 is 1.11 bits per heavy atom. The van der Waals surface area contributed by atoms with Crippen LogP contribution in [0.2, 0.25) is 0 Å². The van der Waals surface area contributed by atoms with Crippen LogP contribution in [0.4, 0.5) is 0 Å². The molecular weight excluding hydrogens is 228 g/mol. The van der Waals surface area contributed by atoms with E-state index < -0.39 is 0 Å². The number of unbranched alkanes of at least 4 members (excludes halogenated alkanes) is 3. The second-order valence-corrected chi connectivity index (χ2v) is 4.43. The van der Waals surface area contributed by atoms with Gasteiger partial charge in [0, 0.05) is 6.61 Å². The zero-order valence-electron chi connectivity index (χ0n) is 11.4. The molecule has 0 unspecified atom stereocenters. The van der Waals surface area contributed by atoms with Crippen molar-refractivity contribution in [2.45, 2.75) is 39.0 Å². The van der Waals surface area contributed by atoms with Gasteiger partial charge >= 0.3 is 0 Å². The number of methoxy groups -OCH3 is 1. The molecule has 1 rings (SSSR count). The van der Waals surface area contributed by atoms with Gasteiger partial charge in [-0.15, -0.1) is 0 Å². The third kappa shape index (κ3) is 5.41. The highest BCUT2D eigenvalue weighted by Crippen LogP contribution is 2.26. The molecule has 0 atom stereocenters. The van der Waals surface area contributed by atoms with Gasteiger partial charge in [-0.25, -0.2) is 0 Å². The number of hydrogen-bond donors (Lipinski definition) is 1. The number of benzene rings is 1. The summed E-state index contributed by atoms with van der Waals surface area (Å²) >= 11 is 0. The minimum absolute atomic E-state index is 0.182. The van der Waals surface area contributed by atoms with Crippen LogP contribution in [-0.4, -0.2) is 25.4 Å². The Bertz CT molecular complexity index is 337. The summed E-state index contributed by atoms with van der Waals surface area (Å²) in [4.78, 5) is 0. The molecule has 0 aliphatic carbocycles. The van der Waals surface area contributed by atoms with Gasteiger partial charge in [-0.3, -0.25) is 0 Å². The van der Waals surface area contributed by atoms with E-state index >= 15 is 0 Å². The Kier molecular flexibility index (Phi) is 7.26. The molecule has 0 fully saturated rings. The third-order valence-electron chi connectivity index (χ3n) is 2.92. The van der Waals surface area contributed by atoms with Crippen molar-refractivity contribution in [3.8, 4) is 11.5 Å². The van der Waals surface area contributed by atoms with Crippen molar-refractivity contribution in [1.82, 2.24) is 0 Å². The van der Waals surface area contributed by atoms with E-state index in [4.69, 9.17) is 9.47 Å². The molecule has 0 bridgehead atoms. The van der Waals surface area contributed by atoms with Gasteiger partial charge in [-0.05, 0) is 30.5 Å². The molecule has 0 aliphatic heterocycles. The average molecular weight is 252 g/mol. The summed E-state index contributed by atoms with van der Waals surface area (Å²) in [5, 5.41) is 9.47. The molecular formula is C15H24O3. The number of aromatic hydroxyl groups is 1. The lowest BCUT2D eigenvalue weighted by Gasteiger charge is -2.07. The molecule has 0 aliphatic rings. The minimum atomic E-state index is 0.182. The Labute approximate surface area is 110 Å². The summed E-state index contributed by atoms with van der Waals surface area (Å²) < 4.78 is 10.7. The zero-order valence-corrected chi connectivity index (χ0v) is 11.4. The van der Waals surface area contributed by atoms with Crippen molar-refractivity contribution in [1.29, 1.82) is 0 Å². The number of hydrogen-bond acceptors (Lipinski definition) is 3. The van der Waals surface area contributed by atoms with Crippen molar-refractivity contribution in [2.24, 2.45) is 0 Å². The fourth-order valence-electron chi connectivity index (χ4n) is 1.80. The topological polar surface area (TPSA) is 38.7 Å². The van der Waals surface area contributed by atoms with E-state index in [0.29, 0.717) is 5.75 Å². The summed E-state index contributed by atoms with van der Waals surface area (Å²) in [6.45, 7) is 3.77. The molecule has 1 aromatic rings. The van der Waals surface area contributed by atoms with E-state index in [1.54, 1.807) is 13.2 Å². The maximum Gasteiger partial charge on any atom is 0.160 e. The van der Waals surface area contributed by atoms with Crippen LogP contribution in [0.15, 0.2) is 18.2 Å². The molecule has 3 heteroatoms. The van der Waals surface area contributed by atoms with Crippen LogP contribution in [0, 0.1) is 0 Å². The van der Waals surface area contributed by atoms with Gasteiger partial charge in [-0.1, -0.05) is 32.3 Å². The first kappa shape index (κ1) is 14.8. The Hall–Kier alpha value is -1.22. The Morgan fingerprint density at radius 3 is 2.67 bits per heavy atom. The predicted molar refractivity (Wildman–Crippen MR) is 73.3 cm³/mol. The van der Waals surface area contributed by atoms with Crippen LogP contribution in [-0.2, 0) is 11.2 Å². The first-order chi connectivity index (χ1) is 8.77. The van der Waals surface area contributed by atoms with Crippen LogP contribution >= 0.6 is 0 Å². The van der Waals surface area contributed by atoms with Crippen LogP contribution in [0.3, 0.4) is 0 Å². The second kappa shape index (κ2) is 8.81. The van der Waals surface area contributed by atoms with Crippen molar-refractivity contribution in [3.05, 3.63) is 23.8 Å². The van der Waals surface area contributed by atoms with E-state index in [2.05, 4.69) is 6.92 Å². The van der Waals surface area contributed by atoms with Crippen molar-refractivity contribution < 1.29 is 14.6 Å². The molecule has 0 spiro atoms. The molecule has 0 saturated heterocycles. The molecule has 0 heterocycles. The molecule has 18 heavy (non-hydrogen) atoms. The maximum absolute atomic E-state index is 9.47. The first-order valence-corrected chi connectivity index (χ1v) is 6.71. The highest BCUT2D eigenvalue weighted by Gasteiger charge is 2.02. The van der Waals surface area contributed by atoms with E-state index in [-0.39, 0.29) is 5.75 Å². The quantitative estimate of drug-likeness (QED) is 0.683. The lowest BCUT2D eigenvalue weighted by molar-refractivity contribution is 0.133. The maximum atomic E-state index is 9.47. The Balaban J connectivity index is 2.19.